The van der Waals surface area contributed by atoms with E-state index in [1.807, 2.05) is 6.07 Å². The molecule has 208 valence electrons. The van der Waals surface area contributed by atoms with E-state index in [-0.39, 0.29) is 35.7 Å². The minimum Gasteiger partial charge on any atom is -0.467 e. The molecule has 2 aromatic heterocycles. The summed E-state index contributed by atoms with van der Waals surface area (Å²) < 4.78 is 49.2. The van der Waals surface area contributed by atoms with E-state index in [4.69, 9.17) is 4.42 Å². The second-order valence-corrected chi connectivity index (χ2v) is 10.3. The van der Waals surface area contributed by atoms with Crippen molar-refractivity contribution < 1.29 is 31.9 Å². The summed E-state index contributed by atoms with van der Waals surface area (Å²) in [4.78, 5) is 35.6. The molecule has 9 nitrogen and oxygen atoms in total. The SMILES string of the molecule is CN(Cc1ccco1)C(=O)CN1CC2C(C1)C2CN(Cc1cccc(OC(F)(F)F)c1)C(=O)c1cn(C)cn1. The fraction of sp³-hybridized carbons (Fsp3) is 0.444. The number of likely N-dealkylation sites (N-methyl/N-ethyl adjacent to an activating group) is 1. The molecule has 1 aliphatic heterocycles. The summed E-state index contributed by atoms with van der Waals surface area (Å²) >= 11 is 0. The third kappa shape index (κ3) is 6.62. The molecule has 2 unspecified atom stereocenters. The van der Waals surface area contributed by atoms with Gasteiger partial charge in [-0.1, -0.05) is 12.1 Å². The average Bonchev–Trinajstić information content (AvgIpc) is 3.36. The Morgan fingerprint density at radius 1 is 1.15 bits per heavy atom. The number of alkyl halides is 3. The first kappa shape index (κ1) is 26.8. The van der Waals surface area contributed by atoms with Gasteiger partial charge in [0.1, 0.15) is 17.2 Å². The van der Waals surface area contributed by atoms with E-state index in [2.05, 4.69) is 14.6 Å². The Morgan fingerprint density at radius 3 is 2.56 bits per heavy atom. The molecule has 0 bridgehead atoms. The fourth-order valence-electron chi connectivity index (χ4n) is 5.39. The Bertz CT molecular complexity index is 1300. The van der Waals surface area contributed by atoms with Crippen molar-refractivity contribution in [2.45, 2.75) is 19.5 Å². The summed E-state index contributed by atoms with van der Waals surface area (Å²) in [7, 11) is 3.51. The molecule has 0 radical (unpaired) electrons. The fourth-order valence-corrected chi connectivity index (χ4v) is 5.39. The molecule has 3 heterocycles. The molecule has 5 rings (SSSR count). The number of amides is 2. The number of carbonyl (C=O) groups is 2. The van der Waals surface area contributed by atoms with Crippen LogP contribution in [0.25, 0.3) is 0 Å². The topological polar surface area (TPSA) is 84.1 Å². The highest BCUT2D eigenvalue weighted by Gasteiger charge is 2.56. The molecule has 2 amide bonds. The number of furan rings is 1. The number of rotatable bonds is 10. The van der Waals surface area contributed by atoms with Gasteiger partial charge in [0.05, 0.1) is 25.7 Å². The van der Waals surface area contributed by atoms with Gasteiger partial charge >= 0.3 is 6.36 Å². The summed E-state index contributed by atoms with van der Waals surface area (Å²) in [5.41, 5.74) is 0.802. The highest BCUT2D eigenvalue weighted by molar-refractivity contribution is 5.92. The van der Waals surface area contributed by atoms with Crippen molar-refractivity contribution in [3.05, 3.63) is 72.2 Å². The Kier molecular flexibility index (Phi) is 7.39. The Balaban J connectivity index is 1.20. The molecule has 0 N–H and O–H groups in total. The molecule has 0 spiro atoms. The molecule has 2 aliphatic rings. The van der Waals surface area contributed by atoms with Crippen molar-refractivity contribution >= 4 is 11.8 Å². The van der Waals surface area contributed by atoms with Crippen LogP contribution in [0.15, 0.2) is 59.6 Å². The number of aromatic nitrogens is 2. The van der Waals surface area contributed by atoms with E-state index in [1.165, 1.54) is 24.5 Å². The van der Waals surface area contributed by atoms with Gasteiger partial charge in [0, 0.05) is 46.5 Å². The van der Waals surface area contributed by atoms with Crippen LogP contribution in [0, 0.1) is 17.8 Å². The van der Waals surface area contributed by atoms with E-state index < -0.39 is 6.36 Å². The summed E-state index contributed by atoms with van der Waals surface area (Å²) in [6.45, 7) is 2.83. The van der Waals surface area contributed by atoms with Crippen LogP contribution < -0.4 is 4.74 Å². The largest absolute Gasteiger partial charge is 0.573 e. The van der Waals surface area contributed by atoms with Gasteiger partial charge in [-0.15, -0.1) is 13.2 Å². The van der Waals surface area contributed by atoms with Crippen molar-refractivity contribution in [2.75, 3.05) is 33.2 Å². The van der Waals surface area contributed by atoms with Crippen LogP contribution >= 0.6 is 0 Å². The number of nitrogens with zero attached hydrogens (tertiary/aromatic N) is 5. The van der Waals surface area contributed by atoms with Gasteiger partial charge in [-0.05, 0) is 47.6 Å². The number of hydrogen-bond acceptors (Lipinski definition) is 6. The molecule has 1 saturated carbocycles. The van der Waals surface area contributed by atoms with Crippen LogP contribution in [0.2, 0.25) is 0 Å². The highest BCUT2D eigenvalue weighted by atomic mass is 19.4. The molecule has 3 aromatic rings. The molecule has 1 aliphatic carbocycles. The smallest absolute Gasteiger partial charge is 0.467 e. The Labute approximate surface area is 223 Å². The maximum atomic E-state index is 13.3. The zero-order valence-electron chi connectivity index (χ0n) is 21.7. The van der Waals surface area contributed by atoms with Crippen LogP contribution in [0.5, 0.6) is 5.75 Å². The minimum absolute atomic E-state index is 0.0113. The van der Waals surface area contributed by atoms with Crippen LogP contribution in [-0.2, 0) is 24.9 Å². The van der Waals surface area contributed by atoms with Crippen LogP contribution in [0.4, 0.5) is 13.2 Å². The molecule has 1 aromatic carbocycles. The van der Waals surface area contributed by atoms with Crippen LogP contribution in [0.3, 0.4) is 0 Å². The van der Waals surface area contributed by atoms with Gasteiger partial charge in [0.25, 0.3) is 5.91 Å². The summed E-state index contributed by atoms with van der Waals surface area (Å²) in [6.07, 6.45) is -0.0588. The number of imidazole rings is 1. The van der Waals surface area contributed by atoms with Gasteiger partial charge in [-0.25, -0.2) is 4.98 Å². The zero-order valence-corrected chi connectivity index (χ0v) is 21.7. The summed E-state index contributed by atoms with van der Waals surface area (Å²) in [5, 5.41) is 0. The first-order valence-electron chi connectivity index (χ1n) is 12.7. The van der Waals surface area contributed by atoms with Gasteiger partial charge in [-0.3, -0.25) is 14.5 Å². The third-order valence-corrected chi connectivity index (χ3v) is 7.35. The Morgan fingerprint density at radius 2 is 1.92 bits per heavy atom. The van der Waals surface area contributed by atoms with Gasteiger partial charge in [-0.2, -0.15) is 0 Å². The number of carbonyl (C=O) groups excluding carboxylic acids is 2. The maximum Gasteiger partial charge on any atom is 0.573 e. The van der Waals surface area contributed by atoms with Crippen molar-refractivity contribution in [1.82, 2.24) is 24.3 Å². The van der Waals surface area contributed by atoms with E-state index in [0.717, 1.165) is 18.8 Å². The monoisotopic (exact) mass is 545 g/mol. The molecule has 2 fully saturated rings. The molecule has 2 atom stereocenters. The lowest BCUT2D eigenvalue weighted by Crippen LogP contribution is -2.39. The first-order chi connectivity index (χ1) is 18.6. The zero-order chi connectivity index (χ0) is 27.7. The van der Waals surface area contributed by atoms with Gasteiger partial charge in [0.15, 0.2) is 0 Å². The number of likely N-dealkylation sites (tertiary alicyclic amines) is 1. The maximum absolute atomic E-state index is 13.3. The Hall–Kier alpha value is -3.80. The molecule has 12 heteroatoms. The number of piperidine rings is 1. The summed E-state index contributed by atoms with van der Waals surface area (Å²) in [5.74, 6) is 1.08. The quantitative estimate of drug-likeness (QED) is 0.389. The predicted molar refractivity (Wildman–Crippen MR) is 133 cm³/mol. The minimum atomic E-state index is -4.80. The normalized spacial score (nSPS) is 20.5. The highest BCUT2D eigenvalue weighted by Crippen LogP contribution is 2.52. The van der Waals surface area contributed by atoms with Gasteiger partial charge < -0.3 is 23.5 Å². The second kappa shape index (κ2) is 10.8. The van der Waals surface area contributed by atoms with Crippen LogP contribution in [-0.4, -0.2) is 75.7 Å². The van der Waals surface area contributed by atoms with E-state index in [0.29, 0.717) is 37.0 Å². The van der Waals surface area contributed by atoms with Crippen molar-refractivity contribution in [3.8, 4) is 5.75 Å². The number of ether oxygens (including phenoxy) is 1. The van der Waals surface area contributed by atoms with E-state index >= 15 is 0 Å². The van der Waals surface area contributed by atoms with Crippen molar-refractivity contribution in [2.24, 2.45) is 24.8 Å². The second-order valence-electron chi connectivity index (χ2n) is 10.3. The molecule has 39 heavy (non-hydrogen) atoms. The molecular formula is C27H30F3N5O4. The third-order valence-electron chi connectivity index (χ3n) is 7.35. The predicted octanol–water partition coefficient (Wildman–Crippen LogP) is 3.39. The average molecular weight is 546 g/mol. The lowest BCUT2D eigenvalue weighted by atomic mass is 10.1. The number of halogens is 3. The number of hydrogen-bond donors (Lipinski definition) is 0. The summed E-state index contributed by atoms with van der Waals surface area (Å²) in [6, 6.07) is 9.29. The number of aryl methyl sites for hydroxylation is 1. The standard InChI is InChI=1S/C27H30F3N5O4/c1-32-15-24(31-17-32)26(37)35(10-18-5-3-6-19(9-18)39-27(28,29)30)14-23-21-12-34(13-22(21)23)16-25(36)33(2)11-20-7-4-8-38-20/h3-9,15,17,21-23H,10-14,16H2,1-2H3. The van der Waals surface area contributed by atoms with Crippen molar-refractivity contribution in [3.63, 3.8) is 0 Å². The lowest BCUT2D eigenvalue weighted by Gasteiger charge is -2.26. The van der Waals surface area contributed by atoms with E-state index in [9.17, 15) is 22.8 Å². The van der Waals surface area contributed by atoms with Gasteiger partial charge in [0.2, 0.25) is 5.91 Å². The number of fused-ring (bicyclic) bond motifs is 1. The van der Waals surface area contributed by atoms with Crippen LogP contribution in [0.1, 0.15) is 21.8 Å². The lowest BCUT2D eigenvalue weighted by molar-refractivity contribution is -0.274. The molecule has 1 saturated heterocycles. The number of benzene rings is 1. The molecular weight excluding hydrogens is 515 g/mol. The van der Waals surface area contributed by atoms with E-state index in [1.54, 1.807) is 53.1 Å². The van der Waals surface area contributed by atoms with Crippen molar-refractivity contribution in [1.29, 1.82) is 0 Å². The first-order valence-corrected chi connectivity index (χ1v) is 12.7.